The van der Waals surface area contributed by atoms with Crippen LogP contribution in [-0.4, -0.2) is 22.6 Å². The molecule has 2 aromatic rings. The van der Waals surface area contributed by atoms with Gasteiger partial charge in [0.25, 0.3) is 0 Å². The summed E-state index contributed by atoms with van der Waals surface area (Å²) in [6.07, 6.45) is 0. The van der Waals surface area contributed by atoms with Crippen LogP contribution in [0, 0.1) is 0 Å². The molecule has 19 heavy (non-hydrogen) atoms. The quantitative estimate of drug-likeness (QED) is 0.827. The molecule has 1 aromatic heterocycles. The van der Waals surface area contributed by atoms with Crippen LogP contribution in [0.4, 0.5) is 0 Å². The van der Waals surface area contributed by atoms with Crippen molar-refractivity contribution in [2.24, 2.45) is 0 Å². The Morgan fingerprint density at radius 3 is 2.63 bits per heavy atom. The van der Waals surface area contributed by atoms with Gasteiger partial charge < -0.3 is 5.11 Å². The molecule has 2 rings (SSSR count). The van der Waals surface area contributed by atoms with Crippen molar-refractivity contribution in [3.05, 3.63) is 57.8 Å². The Hall–Kier alpha value is -1.59. The van der Waals surface area contributed by atoms with E-state index in [2.05, 4.69) is 0 Å². The lowest BCUT2D eigenvalue weighted by Gasteiger charge is -2.04. The molecule has 0 atom stereocenters. The normalized spacial score (nSPS) is 10.3. The van der Waals surface area contributed by atoms with Crippen molar-refractivity contribution in [1.82, 2.24) is 0 Å². The van der Waals surface area contributed by atoms with Gasteiger partial charge in [0.2, 0.25) is 0 Å². The molecule has 0 fully saturated rings. The zero-order valence-corrected chi connectivity index (χ0v) is 11.7. The van der Waals surface area contributed by atoms with Crippen LogP contribution < -0.4 is 0 Å². The summed E-state index contributed by atoms with van der Waals surface area (Å²) in [7, 11) is 0. The molecule has 0 spiro atoms. The number of carbonyl (C=O) groups excluding carboxylic acids is 1. The molecule has 0 aliphatic carbocycles. The first-order valence-corrected chi connectivity index (χ1v) is 7.67. The summed E-state index contributed by atoms with van der Waals surface area (Å²) < 4.78 is 0. The van der Waals surface area contributed by atoms with Gasteiger partial charge in [0.1, 0.15) is 0 Å². The SMILES string of the molecule is O=C(CSCc1ccccc1C(=O)O)c1cccs1. The maximum absolute atomic E-state index is 11.8. The molecule has 5 heteroatoms. The monoisotopic (exact) mass is 292 g/mol. The number of hydrogen-bond donors (Lipinski definition) is 1. The number of hydrogen-bond acceptors (Lipinski definition) is 4. The predicted molar refractivity (Wildman–Crippen MR) is 78.2 cm³/mol. The second kappa shape index (κ2) is 6.54. The summed E-state index contributed by atoms with van der Waals surface area (Å²) in [6.45, 7) is 0. The molecule has 3 nitrogen and oxygen atoms in total. The number of thioether (sulfide) groups is 1. The Labute approximate surface area is 119 Å². The standard InChI is InChI=1S/C14H12O3S2/c15-12(13-6-3-7-19-13)9-18-8-10-4-1-2-5-11(10)14(16)17/h1-7H,8-9H2,(H,16,17). The number of rotatable bonds is 6. The fraction of sp³-hybridized carbons (Fsp3) is 0.143. The predicted octanol–water partition coefficient (Wildman–Crippen LogP) is 3.56. The second-order valence-corrected chi connectivity index (χ2v) is 5.79. The molecule has 0 aliphatic heterocycles. The van der Waals surface area contributed by atoms with E-state index >= 15 is 0 Å². The third-order valence-electron chi connectivity index (χ3n) is 2.53. The highest BCUT2D eigenvalue weighted by Gasteiger charge is 2.11. The van der Waals surface area contributed by atoms with E-state index in [4.69, 9.17) is 5.11 Å². The van der Waals surface area contributed by atoms with Gasteiger partial charge in [-0.05, 0) is 23.1 Å². The minimum atomic E-state index is -0.930. The average molecular weight is 292 g/mol. The van der Waals surface area contributed by atoms with Crippen LogP contribution in [0.2, 0.25) is 0 Å². The topological polar surface area (TPSA) is 54.4 Å². The molecule has 0 amide bonds. The first-order chi connectivity index (χ1) is 9.18. The Kier molecular flexibility index (Phi) is 4.76. The van der Waals surface area contributed by atoms with Gasteiger partial charge in [-0.1, -0.05) is 24.3 Å². The number of carboxylic acid groups (broad SMARTS) is 1. The molecule has 0 saturated carbocycles. The van der Waals surface area contributed by atoms with E-state index in [-0.39, 0.29) is 5.78 Å². The molecule has 1 heterocycles. The van der Waals surface area contributed by atoms with Gasteiger partial charge in [-0.2, -0.15) is 0 Å². The number of carbonyl (C=O) groups is 2. The highest BCUT2D eigenvalue weighted by Crippen LogP contribution is 2.19. The summed E-state index contributed by atoms with van der Waals surface area (Å²) in [5.41, 5.74) is 1.05. The van der Waals surface area contributed by atoms with Crippen LogP contribution >= 0.6 is 23.1 Å². The van der Waals surface area contributed by atoms with Gasteiger partial charge in [0, 0.05) is 5.75 Å². The van der Waals surface area contributed by atoms with Crippen LogP contribution in [0.5, 0.6) is 0 Å². The number of carboxylic acids is 1. The summed E-state index contributed by atoms with van der Waals surface area (Å²) in [4.78, 5) is 23.6. The number of Topliss-reactive ketones (excluding diaryl/α,β-unsaturated/α-hetero) is 1. The zero-order chi connectivity index (χ0) is 13.7. The number of aromatic carboxylic acids is 1. The molecule has 1 N–H and O–H groups in total. The van der Waals surface area contributed by atoms with E-state index in [1.807, 2.05) is 17.5 Å². The summed E-state index contributed by atoms with van der Waals surface area (Å²) in [5.74, 6) is 0.0576. The summed E-state index contributed by atoms with van der Waals surface area (Å²) in [6, 6.07) is 10.5. The highest BCUT2D eigenvalue weighted by molar-refractivity contribution is 7.99. The summed E-state index contributed by atoms with van der Waals surface area (Å²) >= 11 is 2.87. The van der Waals surface area contributed by atoms with Gasteiger partial charge in [-0.15, -0.1) is 23.1 Å². The van der Waals surface area contributed by atoms with Gasteiger partial charge in [-0.3, -0.25) is 4.79 Å². The minimum Gasteiger partial charge on any atom is -0.478 e. The van der Waals surface area contributed by atoms with Crippen LogP contribution in [0.25, 0.3) is 0 Å². The van der Waals surface area contributed by atoms with Crippen molar-refractivity contribution in [3.63, 3.8) is 0 Å². The highest BCUT2D eigenvalue weighted by atomic mass is 32.2. The molecule has 0 radical (unpaired) electrons. The van der Waals surface area contributed by atoms with Crippen LogP contribution in [0.3, 0.4) is 0 Å². The van der Waals surface area contributed by atoms with Crippen molar-refractivity contribution in [3.8, 4) is 0 Å². The molecule has 1 aromatic carbocycles. The molecular formula is C14H12O3S2. The molecule has 0 saturated heterocycles. The molecule has 0 unspecified atom stereocenters. The van der Waals surface area contributed by atoms with Crippen molar-refractivity contribution in [2.45, 2.75) is 5.75 Å². The second-order valence-electron chi connectivity index (χ2n) is 3.86. The maximum atomic E-state index is 11.8. The van der Waals surface area contributed by atoms with Crippen LogP contribution in [0.15, 0.2) is 41.8 Å². The van der Waals surface area contributed by atoms with E-state index in [0.29, 0.717) is 17.1 Å². The lowest BCUT2D eigenvalue weighted by molar-refractivity contribution is 0.0696. The minimum absolute atomic E-state index is 0.0906. The molecule has 0 aliphatic rings. The van der Waals surface area contributed by atoms with E-state index in [1.54, 1.807) is 24.3 Å². The summed E-state index contributed by atoms with van der Waals surface area (Å²) in [5, 5.41) is 10.9. The van der Waals surface area contributed by atoms with Crippen LogP contribution in [-0.2, 0) is 5.75 Å². The first kappa shape index (κ1) is 13.8. The van der Waals surface area contributed by atoms with Gasteiger partial charge in [0.15, 0.2) is 5.78 Å². The Bertz CT molecular complexity index is 576. The largest absolute Gasteiger partial charge is 0.478 e. The van der Waals surface area contributed by atoms with Crippen molar-refractivity contribution < 1.29 is 14.7 Å². The third kappa shape index (κ3) is 3.68. The first-order valence-electron chi connectivity index (χ1n) is 5.64. The Morgan fingerprint density at radius 1 is 1.16 bits per heavy atom. The Balaban J connectivity index is 1.93. The maximum Gasteiger partial charge on any atom is 0.335 e. The lowest BCUT2D eigenvalue weighted by atomic mass is 10.1. The lowest BCUT2D eigenvalue weighted by Crippen LogP contribution is -2.03. The van der Waals surface area contributed by atoms with Gasteiger partial charge >= 0.3 is 5.97 Å². The molecule has 98 valence electrons. The smallest absolute Gasteiger partial charge is 0.335 e. The van der Waals surface area contributed by atoms with E-state index < -0.39 is 5.97 Å². The average Bonchev–Trinajstić information content (AvgIpc) is 2.93. The van der Waals surface area contributed by atoms with Crippen molar-refractivity contribution in [2.75, 3.05) is 5.75 Å². The molecule has 0 bridgehead atoms. The van der Waals surface area contributed by atoms with Crippen LogP contribution in [0.1, 0.15) is 25.6 Å². The third-order valence-corrected chi connectivity index (χ3v) is 4.43. The molecular weight excluding hydrogens is 280 g/mol. The van der Waals surface area contributed by atoms with Crippen molar-refractivity contribution >= 4 is 34.9 Å². The number of ketones is 1. The number of thiophene rings is 1. The Morgan fingerprint density at radius 2 is 1.95 bits per heavy atom. The van der Waals surface area contributed by atoms with Crippen molar-refractivity contribution in [1.29, 1.82) is 0 Å². The van der Waals surface area contributed by atoms with Gasteiger partial charge in [0.05, 0.1) is 16.2 Å². The van der Waals surface area contributed by atoms with E-state index in [1.165, 1.54) is 23.1 Å². The fourth-order valence-corrected chi connectivity index (χ4v) is 3.29. The van der Waals surface area contributed by atoms with Gasteiger partial charge in [-0.25, -0.2) is 4.79 Å². The zero-order valence-electron chi connectivity index (χ0n) is 10.0. The van der Waals surface area contributed by atoms with E-state index in [0.717, 1.165) is 10.4 Å². The number of benzene rings is 1. The fourth-order valence-electron chi connectivity index (χ4n) is 1.62. The van der Waals surface area contributed by atoms with E-state index in [9.17, 15) is 9.59 Å².